The van der Waals surface area contributed by atoms with E-state index < -0.39 is 41.8 Å². The summed E-state index contributed by atoms with van der Waals surface area (Å²) in [5, 5.41) is 0. The summed E-state index contributed by atoms with van der Waals surface area (Å²) in [6.45, 7) is 11.2. The lowest BCUT2D eigenvalue weighted by atomic mass is 9.77. The summed E-state index contributed by atoms with van der Waals surface area (Å²) in [6.07, 6.45) is 3.14. The van der Waals surface area contributed by atoms with Crippen LogP contribution in [0, 0.1) is 11.6 Å². The largest absolute Gasteiger partial charge is 0.495 e. The Hall–Kier alpha value is -1.73. The molecular weight excluding hydrogens is 353 g/mol. The molecule has 1 aliphatic heterocycles. The van der Waals surface area contributed by atoms with Gasteiger partial charge in [0, 0.05) is 11.6 Å². The third-order valence-corrected chi connectivity index (χ3v) is 5.15. The van der Waals surface area contributed by atoms with Crippen LogP contribution in [0.25, 0.3) is 0 Å². The summed E-state index contributed by atoms with van der Waals surface area (Å²) in [6, 6.07) is 2.51. The molecule has 0 spiro atoms. The van der Waals surface area contributed by atoms with E-state index in [1.165, 1.54) is 18.2 Å². The molecule has 0 aliphatic carbocycles. The third kappa shape index (κ3) is 4.77. The van der Waals surface area contributed by atoms with Crippen molar-refractivity contribution < 1.29 is 27.6 Å². The van der Waals surface area contributed by atoms with Crippen LogP contribution >= 0.6 is 0 Å². The second-order valence-corrected chi connectivity index (χ2v) is 7.78. The zero-order valence-electron chi connectivity index (χ0n) is 16.8. The van der Waals surface area contributed by atoms with E-state index in [-0.39, 0.29) is 12.2 Å². The van der Waals surface area contributed by atoms with Crippen molar-refractivity contribution in [1.82, 2.24) is 0 Å². The molecule has 148 valence electrons. The van der Waals surface area contributed by atoms with Crippen molar-refractivity contribution in [2.45, 2.75) is 65.1 Å². The Bertz CT molecular complexity index is 692. The van der Waals surface area contributed by atoms with Gasteiger partial charge in [0.05, 0.1) is 17.8 Å². The van der Waals surface area contributed by atoms with Crippen molar-refractivity contribution in [1.29, 1.82) is 0 Å². The van der Waals surface area contributed by atoms with Gasteiger partial charge in [-0.25, -0.2) is 13.6 Å². The maximum absolute atomic E-state index is 14.6. The lowest BCUT2D eigenvalue weighted by molar-refractivity contribution is -0.137. The van der Waals surface area contributed by atoms with Crippen molar-refractivity contribution in [2.75, 3.05) is 6.61 Å². The Labute approximate surface area is 160 Å². The van der Waals surface area contributed by atoms with Gasteiger partial charge in [0.1, 0.15) is 11.6 Å². The molecule has 0 N–H and O–H groups in total. The van der Waals surface area contributed by atoms with Crippen LogP contribution in [-0.2, 0) is 18.8 Å². The first-order valence-electron chi connectivity index (χ1n) is 9.16. The van der Waals surface area contributed by atoms with Gasteiger partial charge < -0.3 is 14.0 Å². The first-order valence-corrected chi connectivity index (χ1v) is 9.16. The predicted molar refractivity (Wildman–Crippen MR) is 101 cm³/mol. The number of allylic oxidation sites excluding steroid dienone is 1. The highest BCUT2D eigenvalue weighted by molar-refractivity contribution is 6.62. The molecule has 0 saturated carbocycles. The lowest BCUT2D eigenvalue weighted by Crippen LogP contribution is -2.41. The molecule has 0 aromatic heterocycles. The van der Waals surface area contributed by atoms with Crippen LogP contribution in [0.2, 0.25) is 0 Å². The van der Waals surface area contributed by atoms with Crippen LogP contribution < -0.4 is 5.46 Å². The number of rotatable bonds is 6. The van der Waals surface area contributed by atoms with Crippen molar-refractivity contribution in [2.24, 2.45) is 0 Å². The molecule has 1 aliphatic rings. The number of halogens is 2. The predicted octanol–water partition coefficient (Wildman–Crippen LogP) is 3.88. The summed E-state index contributed by atoms with van der Waals surface area (Å²) >= 11 is 0. The minimum absolute atomic E-state index is 0.0243. The van der Waals surface area contributed by atoms with Gasteiger partial charge in [-0.05, 0) is 64.6 Å². The highest BCUT2D eigenvalue weighted by Crippen LogP contribution is 2.37. The van der Waals surface area contributed by atoms with Gasteiger partial charge >= 0.3 is 13.1 Å². The molecule has 1 unspecified atom stereocenters. The molecular formula is C20H27BF2O4. The molecule has 4 nitrogen and oxygen atoms in total. The second kappa shape index (κ2) is 8.11. The van der Waals surface area contributed by atoms with Gasteiger partial charge in [-0.1, -0.05) is 13.0 Å². The van der Waals surface area contributed by atoms with Crippen LogP contribution in [-0.4, -0.2) is 30.9 Å². The average molecular weight is 380 g/mol. The van der Waals surface area contributed by atoms with Crippen LogP contribution in [0.4, 0.5) is 8.78 Å². The van der Waals surface area contributed by atoms with E-state index in [1.54, 1.807) is 19.9 Å². The zero-order valence-corrected chi connectivity index (χ0v) is 16.8. The van der Waals surface area contributed by atoms with Gasteiger partial charge in [-0.15, -0.1) is 0 Å². The Balaban J connectivity index is 2.16. The van der Waals surface area contributed by atoms with E-state index in [4.69, 9.17) is 14.0 Å². The van der Waals surface area contributed by atoms with E-state index in [9.17, 15) is 13.6 Å². The SMILES string of the molecule is CCOC(=O)/C=C/CC(C)c1c(F)cc(B2OC(C)(C)C(C)(C)O2)cc1F. The monoisotopic (exact) mass is 380 g/mol. The van der Waals surface area contributed by atoms with Crippen LogP contribution in [0.1, 0.15) is 59.4 Å². The summed E-state index contributed by atoms with van der Waals surface area (Å²) in [5.74, 6) is -2.22. The van der Waals surface area contributed by atoms with E-state index in [1.807, 2.05) is 27.7 Å². The smallest absolute Gasteiger partial charge is 0.463 e. The van der Waals surface area contributed by atoms with Gasteiger partial charge in [-0.2, -0.15) is 0 Å². The Morgan fingerprint density at radius 1 is 1.19 bits per heavy atom. The molecule has 0 amide bonds. The van der Waals surface area contributed by atoms with E-state index >= 15 is 0 Å². The van der Waals surface area contributed by atoms with Crippen molar-refractivity contribution in [3.8, 4) is 0 Å². The maximum Gasteiger partial charge on any atom is 0.495 e. The normalized spacial score (nSPS) is 19.5. The first kappa shape index (κ1) is 21.6. The number of esters is 1. The summed E-state index contributed by atoms with van der Waals surface area (Å²) in [4.78, 5) is 11.3. The average Bonchev–Trinajstić information content (AvgIpc) is 2.75. The minimum atomic E-state index is -0.827. The number of hydrogen-bond donors (Lipinski definition) is 0. The number of carbonyl (C=O) groups is 1. The zero-order chi connectivity index (χ0) is 20.4. The fourth-order valence-electron chi connectivity index (χ4n) is 2.87. The summed E-state index contributed by atoms with van der Waals surface area (Å²) in [5.41, 5.74) is -0.895. The lowest BCUT2D eigenvalue weighted by Gasteiger charge is -2.32. The van der Waals surface area contributed by atoms with Gasteiger partial charge in [-0.3, -0.25) is 0 Å². The molecule has 0 radical (unpaired) electrons. The number of hydrogen-bond acceptors (Lipinski definition) is 4. The van der Waals surface area contributed by atoms with Gasteiger partial charge in [0.15, 0.2) is 0 Å². The first-order chi connectivity index (χ1) is 12.5. The Kier molecular flexibility index (Phi) is 6.48. The topological polar surface area (TPSA) is 44.8 Å². The second-order valence-electron chi connectivity index (χ2n) is 7.78. The summed E-state index contributed by atoms with van der Waals surface area (Å²) in [7, 11) is -0.827. The quantitative estimate of drug-likeness (QED) is 0.427. The van der Waals surface area contributed by atoms with E-state index in [0.717, 1.165) is 0 Å². The van der Waals surface area contributed by atoms with Crippen LogP contribution in [0.5, 0.6) is 0 Å². The van der Waals surface area contributed by atoms with Gasteiger partial charge in [0.2, 0.25) is 0 Å². The maximum atomic E-state index is 14.6. The molecule has 1 saturated heterocycles. The molecule has 2 rings (SSSR count). The Morgan fingerprint density at radius 3 is 2.19 bits per heavy atom. The Morgan fingerprint density at radius 2 is 1.70 bits per heavy atom. The van der Waals surface area contributed by atoms with Crippen LogP contribution in [0.3, 0.4) is 0 Å². The number of benzene rings is 1. The number of carbonyl (C=O) groups excluding carboxylic acids is 1. The van der Waals surface area contributed by atoms with Crippen molar-refractivity contribution in [3.63, 3.8) is 0 Å². The molecule has 7 heteroatoms. The molecule has 1 aromatic rings. The molecule has 1 heterocycles. The highest BCUT2D eigenvalue weighted by Gasteiger charge is 2.52. The minimum Gasteiger partial charge on any atom is -0.463 e. The van der Waals surface area contributed by atoms with Crippen LogP contribution in [0.15, 0.2) is 24.3 Å². The molecule has 27 heavy (non-hydrogen) atoms. The van der Waals surface area contributed by atoms with Crippen molar-refractivity contribution >= 4 is 18.6 Å². The van der Waals surface area contributed by atoms with E-state index in [0.29, 0.717) is 11.9 Å². The molecule has 1 atom stereocenters. The van der Waals surface area contributed by atoms with E-state index in [2.05, 4.69) is 0 Å². The molecule has 1 fully saturated rings. The fourth-order valence-corrected chi connectivity index (χ4v) is 2.87. The molecule has 0 bridgehead atoms. The standard InChI is InChI=1S/C20H27BF2O4/c1-7-25-17(24)10-8-9-13(2)18-15(22)11-14(12-16(18)23)21-26-19(3,4)20(5,6)27-21/h8,10-13H,7,9H2,1-6H3/b10-8+. The highest BCUT2D eigenvalue weighted by atomic mass is 19.1. The molecule has 1 aromatic carbocycles. The summed E-state index contributed by atoms with van der Waals surface area (Å²) < 4.78 is 45.8. The van der Waals surface area contributed by atoms with Crippen molar-refractivity contribution in [3.05, 3.63) is 41.5 Å². The third-order valence-electron chi connectivity index (χ3n) is 5.15. The number of ether oxygens (including phenoxy) is 1. The fraction of sp³-hybridized carbons (Fsp3) is 0.550. The van der Waals surface area contributed by atoms with Gasteiger partial charge in [0.25, 0.3) is 0 Å².